The number of pyridine rings is 1. The van der Waals surface area contributed by atoms with E-state index in [1.807, 2.05) is 54.7 Å². The Morgan fingerprint density at radius 3 is 2.78 bits per heavy atom. The normalized spacial score (nSPS) is 14.8. The molecule has 0 atom stereocenters. The van der Waals surface area contributed by atoms with Crippen LogP contribution in [-0.4, -0.2) is 50.5 Å². The van der Waals surface area contributed by atoms with E-state index in [0.29, 0.717) is 41.6 Å². The highest BCUT2D eigenvalue weighted by Gasteiger charge is 2.19. The Balaban J connectivity index is 0.00000289. The lowest BCUT2D eigenvalue weighted by molar-refractivity contribution is -0.671. The minimum absolute atomic E-state index is 0. The van der Waals surface area contributed by atoms with Crippen molar-refractivity contribution in [3.05, 3.63) is 66.5 Å². The van der Waals surface area contributed by atoms with Crippen molar-refractivity contribution in [2.24, 2.45) is 12.0 Å². The first kappa shape index (κ1) is 23.2. The van der Waals surface area contributed by atoms with Gasteiger partial charge in [-0.25, -0.2) is 18.6 Å². The number of hydrogen-bond donors (Lipinski definition) is 3. The third-order valence-corrected chi connectivity index (χ3v) is 4.95. The molecule has 4 rings (SSSR count). The molecule has 10 heteroatoms. The third kappa shape index (κ3) is 5.06. The lowest BCUT2D eigenvalue weighted by Gasteiger charge is -2.15. The first-order valence-electron chi connectivity index (χ1n) is 10.2. The van der Waals surface area contributed by atoms with Gasteiger partial charge in [0.15, 0.2) is 11.6 Å². The summed E-state index contributed by atoms with van der Waals surface area (Å²) in [5.41, 5.74) is 3.38. The van der Waals surface area contributed by atoms with Crippen molar-refractivity contribution >= 4 is 28.5 Å². The Morgan fingerprint density at radius 1 is 1.19 bits per heavy atom. The van der Waals surface area contributed by atoms with Crippen LogP contribution in [-0.2, 0) is 18.4 Å². The number of aryl methyl sites for hydroxylation is 1. The van der Waals surface area contributed by atoms with Crippen LogP contribution >= 0.6 is 0 Å². The number of ketones is 1. The zero-order chi connectivity index (χ0) is 21.8. The van der Waals surface area contributed by atoms with E-state index in [1.165, 1.54) is 6.08 Å². The van der Waals surface area contributed by atoms with E-state index < -0.39 is 0 Å². The number of rotatable bonds is 8. The van der Waals surface area contributed by atoms with Crippen molar-refractivity contribution < 1.29 is 26.9 Å². The first-order valence-corrected chi connectivity index (χ1v) is 10.2. The van der Waals surface area contributed by atoms with Gasteiger partial charge in [-0.2, -0.15) is 0 Å². The van der Waals surface area contributed by atoms with Crippen LogP contribution in [0.4, 0.5) is 11.5 Å². The number of halogens is 1. The van der Waals surface area contributed by atoms with Crippen LogP contribution in [0.1, 0.15) is 6.92 Å². The molecule has 0 saturated carbocycles. The predicted molar refractivity (Wildman–Crippen MR) is 118 cm³/mol. The van der Waals surface area contributed by atoms with Gasteiger partial charge in [-0.05, 0) is 30.7 Å². The third-order valence-electron chi connectivity index (χ3n) is 4.95. The summed E-state index contributed by atoms with van der Waals surface area (Å²) < 4.78 is 5.87. The number of imidazole rings is 1. The number of allylic oxidation sites excluding steroid dienone is 3. The molecule has 3 aromatic heterocycles. The maximum Gasteiger partial charge on any atom is 0.243 e. The van der Waals surface area contributed by atoms with E-state index in [1.54, 1.807) is 17.5 Å². The Morgan fingerprint density at radius 2 is 2.03 bits per heavy atom. The maximum absolute atomic E-state index is 12.1. The molecule has 0 bridgehead atoms. The number of aliphatic hydroxyl groups is 1. The van der Waals surface area contributed by atoms with Crippen molar-refractivity contribution in [1.29, 1.82) is 0 Å². The minimum atomic E-state index is -0.0718. The quantitative estimate of drug-likeness (QED) is 0.273. The second-order valence-electron chi connectivity index (χ2n) is 7.37. The molecule has 0 fully saturated rings. The minimum Gasteiger partial charge on any atom is -1.00 e. The lowest BCUT2D eigenvalue weighted by Crippen LogP contribution is -3.00. The Kier molecular flexibility index (Phi) is 7.45. The molecule has 1 aliphatic rings. The highest BCUT2D eigenvalue weighted by molar-refractivity contribution is 6.22. The molecular formula is C22H26ClN7O2. The number of fused-ring (bicyclic) bond motifs is 1. The molecular weight excluding hydrogens is 430 g/mol. The standard InChI is InChI=1S/C22H25N7O2.ClH/c1-16-13-18(17(14-20(16)31)23-7-12-30)25-21-19-5-3-4-8-29(19)26-22(21)24-6-9-28-11-10-27(2)15-28;/h3-5,8,10-11,13-15,30H,6-7,9,12H2,1-2H3,(H-,23,24,26,31);1H. The number of nitrogens with zero attached hydrogens (tertiary/aromatic N) is 5. The van der Waals surface area contributed by atoms with Gasteiger partial charge in [0, 0.05) is 18.8 Å². The summed E-state index contributed by atoms with van der Waals surface area (Å²) in [4.78, 5) is 17.0. The van der Waals surface area contributed by atoms with Crippen LogP contribution in [0.2, 0.25) is 0 Å². The SMILES string of the molecule is CC1=CC(=Nc2c(NCCn3cc[n+](C)c3)nn3ccccc23)C(NCCO)=CC1=O.[Cl-]. The molecule has 0 radical (unpaired) electrons. The first-order chi connectivity index (χ1) is 15.0. The van der Waals surface area contributed by atoms with Gasteiger partial charge >= 0.3 is 0 Å². The smallest absolute Gasteiger partial charge is 0.243 e. The molecule has 0 aliphatic heterocycles. The van der Waals surface area contributed by atoms with Crippen LogP contribution < -0.4 is 27.6 Å². The van der Waals surface area contributed by atoms with Crippen LogP contribution in [0.3, 0.4) is 0 Å². The predicted octanol–water partition coefficient (Wildman–Crippen LogP) is -1.86. The van der Waals surface area contributed by atoms with E-state index >= 15 is 0 Å². The van der Waals surface area contributed by atoms with Crippen molar-refractivity contribution in [1.82, 2.24) is 19.5 Å². The second-order valence-corrected chi connectivity index (χ2v) is 7.37. The molecule has 3 aromatic rings. The number of aliphatic hydroxyl groups excluding tert-OH is 1. The summed E-state index contributed by atoms with van der Waals surface area (Å²) in [6.45, 7) is 3.52. The molecule has 0 amide bonds. The highest BCUT2D eigenvalue weighted by atomic mass is 35.5. The van der Waals surface area contributed by atoms with Crippen LogP contribution in [0.15, 0.2) is 71.5 Å². The van der Waals surface area contributed by atoms with Gasteiger partial charge in [0.1, 0.15) is 24.6 Å². The van der Waals surface area contributed by atoms with Gasteiger partial charge in [0.25, 0.3) is 0 Å². The van der Waals surface area contributed by atoms with E-state index in [2.05, 4.69) is 20.3 Å². The van der Waals surface area contributed by atoms with Crippen LogP contribution in [0, 0.1) is 0 Å². The second kappa shape index (κ2) is 10.3. The average molecular weight is 456 g/mol. The van der Waals surface area contributed by atoms with Crippen molar-refractivity contribution in [3.63, 3.8) is 0 Å². The summed E-state index contributed by atoms with van der Waals surface area (Å²) >= 11 is 0. The van der Waals surface area contributed by atoms with E-state index in [9.17, 15) is 9.90 Å². The van der Waals surface area contributed by atoms with E-state index in [-0.39, 0.29) is 24.8 Å². The average Bonchev–Trinajstić information content (AvgIpc) is 3.33. The lowest BCUT2D eigenvalue weighted by atomic mass is 10.0. The number of hydrogen-bond acceptors (Lipinski definition) is 6. The van der Waals surface area contributed by atoms with Gasteiger partial charge in [-0.3, -0.25) is 4.79 Å². The van der Waals surface area contributed by atoms with Gasteiger partial charge in [-0.15, -0.1) is 5.10 Å². The summed E-state index contributed by atoms with van der Waals surface area (Å²) in [5.74, 6) is 0.595. The summed E-state index contributed by atoms with van der Waals surface area (Å²) in [7, 11) is 1.99. The number of carbonyl (C=O) groups is 1. The Hall–Kier alpha value is -3.43. The molecule has 0 spiro atoms. The monoisotopic (exact) mass is 455 g/mol. The van der Waals surface area contributed by atoms with Gasteiger partial charge in [0.05, 0.1) is 37.1 Å². The molecule has 9 nitrogen and oxygen atoms in total. The van der Waals surface area contributed by atoms with Crippen LogP contribution in [0.5, 0.6) is 0 Å². The number of nitrogens with one attached hydrogen (secondary N) is 2. The van der Waals surface area contributed by atoms with Gasteiger partial charge in [0.2, 0.25) is 6.33 Å². The molecule has 0 unspecified atom stereocenters. The largest absolute Gasteiger partial charge is 1.00 e. The molecule has 168 valence electrons. The number of aromatic nitrogens is 4. The van der Waals surface area contributed by atoms with Crippen molar-refractivity contribution in [2.75, 3.05) is 25.0 Å². The molecule has 32 heavy (non-hydrogen) atoms. The molecule has 0 aromatic carbocycles. The van der Waals surface area contributed by atoms with Gasteiger partial charge in [-0.1, -0.05) is 6.07 Å². The highest BCUT2D eigenvalue weighted by Crippen LogP contribution is 2.31. The van der Waals surface area contributed by atoms with Crippen molar-refractivity contribution in [3.8, 4) is 0 Å². The summed E-state index contributed by atoms with van der Waals surface area (Å²) in [6.07, 6.45) is 11.2. The Bertz CT molecular complexity index is 1210. The van der Waals surface area contributed by atoms with Gasteiger partial charge < -0.3 is 28.1 Å². The zero-order valence-corrected chi connectivity index (χ0v) is 18.8. The number of aliphatic imine (C=N–C) groups is 1. The summed E-state index contributed by atoms with van der Waals surface area (Å²) in [6, 6.07) is 5.81. The molecule has 1 aliphatic carbocycles. The number of carbonyl (C=O) groups excluding carboxylic acids is 1. The van der Waals surface area contributed by atoms with Crippen molar-refractivity contribution in [2.45, 2.75) is 13.5 Å². The molecule has 3 heterocycles. The zero-order valence-electron chi connectivity index (χ0n) is 18.0. The topological polar surface area (TPSA) is 99.8 Å². The molecule has 0 saturated heterocycles. The maximum atomic E-state index is 12.1. The molecule has 3 N–H and O–H groups in total. The van der Waals surface area contributed by atoms with Crippen LogP contribution in [0.25, 0.3) is 5.52 Å². The fourth-order valence-electron chi connectivity index (χ4n) is 3.37. The fraction of sp³-hybridized carbons (Fsp3) is 0.273. The van der Waals surface area contributed by atoms with E-state index in [4.69, 9.17) is 4.99 Å². The van der Waals surface area contributed by atoms with E-state index in [0.717, 1.165) is 12.1 Å². The Labute approximate surface area is 192 Å². The summed E-state index contributed by atoms with van der Waals surface area (Å²) in [5, 5.41) is 20.3. The fourth-order valence-corrected chi connectivity index (χ4v) is 3.37. The number of anilines is 1.